The fraction of sp³-hybridized carbons (Fsp3) is 0.611. The van der Waals surface area contributed by atoms with Crippen molar-refractivity contribution in [3.63, 3.8) is 0 Å². The van der Waals surface area contributed by atoms with Gasteiger partial charge in [-0.05, 0) is 18.4 Å². The monoisotopic (exact) mass is 290 g/mol. The molecular formula is C18H30N2O. The first-order valence-electron chi connectivity index (χ1n) is 7.82. The fourth-order valence-electron chi connectivity index (χ4n) is 2.22. The number of rotatable bonds is 6. The van der Waals surface area contributed by atoms with Crippen molar-refractivity contribution in [3.05, 3.63) is 35.4 Å². The van der Waals surface area contributed by atoms with E-state index >= 15 is 0 Å². The number of amides is 2. The maximum Gasteiger partial charge on any atom is 0.317 e. The van der Waals surface area contributed by atoms with Gasteiger partial charge in [-0.15, -0.1) is 0 Å². The lowest BCUT2D eigenvalue weighted by Gasteiger charge is -2.28. The lowest BCUT2D eigenvalue weighted by molar-refractivity contribution is 0.199. The number of benzene rings is 1. The molecule has 1 unspecified atom stereocenters. The van der Waals surface area contributed by atoms with Crippen LogP contribution in [0.25, 0.3) is 0 Å². The molecule has 0 aliphatic rings. The Morgan fingerprint density at radius 2 is 1.86 bits per heavy atom. The molecule has 0 heterocycles. The van der Waals surface area contributed by atoms with Gasteiger partial charge in [0.2, 0.25) is 0 Å². The number of carbonyl (C=O) groups excluding carboxylic acids is 1. The van der Waals surface area contributed by atoms with Crippen LogP contribution in [0, 0.1) is 12.8 Å². The molecule has 0 aromatic heterocycles. The van der Waals surface area contributed by atoms with Gasteiger partial charge in [0.25, 0.3) is 0 Å². The molecule has 1 N–H and O–H groups in total. The second kappa shape index (κ2) is 7.48. The summed E-state index contributed by atoms with van der Waals surface area (Å²) in [5, 5.41) is 3.05. The summed E-state index contributed by atoms with van der Waals surface area (Å²) in [5.41, 5.74) is 2.44. The molecule has 0 saturated heterocycles. The van der Waals surface area contributed by atoms with Crippen molar-refractivity contribution in [1.29, 1.82) is 0 Å². The molecule has 1 rings (SSSR count). The molecule has 118 valence electrons. The minimum Gasteiger partial charge on any atom is -0.337 e. The molecule has 3 nitrogen and oxygen atoms in total. The SMILES string of the molecule is CCC(C)CN(C)C(=O)NCC(C)(C)c1ccc(C)cc1. The quantitative estimate of drug-likeness (QED) is 0.845. The Balaban J connectivity index is 2.56. The van der Waals surface area contributed by atoms with E-state index in [-0.39, 0.29) is 11.4 Å². The van der Waals surface area contributed by atoms with Crippen LogP contribution >= 0.6 is 0 Å². The van der Waals surface area contributed by atoms with Crippen molar-refractivity contribution < 1.29 is 4.79 Å². The minimum atomic E-state index is -0.0689. The Labute approximate surface area is 129 Å². The first-order chi connectivity index (χ1) is 9.76. The number of hydrogen-bond donors (Lipinski definition) is 1. The normalized spacial score (nSPS) is 12.9. The van der Waals surface area contributed by atoms with Gasteiger partial charge in [-0.1, -0.05) is 63.9 Å². The standard InChI is InChI=1S/C18H30N2O/c1-7-14(2)12-20(6)17(21)19-13-18(4,5)16-10-8-15(3)9-11-16/h8-11,14H,7,12-13H2,1-6H3,(H,19,21). The van der Waals surface area contributed by atoms with Gasteiger partial charge < -0.3 is 10.2 Å². The number of hydrogen-bond acceptors (Lipinski definition) is 1. The zero-order chi connectivity index (χ0) is 16.0. The Morgan fingerprint density at radius 1 is 1.29 bits per heavy atom. The molecule has 0 fully saturated rings. The topological polar surface area (TPSA) is 32.3 Å². The molecule has 1 atom stereocenters. The Bertz CT molecular complexity index is 451. The van der Waals surface area contributed by atoms with E-state index in [9.17, 15) is 4.79 Å². The van der Waals surface area contributed by atoms with Crippen LogP contribution in [0.15, 0.2) is 24.3 Å². The zero-order valence-electron chi connectivity index (χ0n) is 14.4. The van der Waals surface area contributed by atoms with Crippen LogP contribution in [0.2, 0.25) is 0 Å². The third-order valence-electron chi connectivity index (χ3n) is 4.14. The highest BCUT2D eigenvalue weighted by Crippen LogP contribution is 2.22. The molecular weight excluding hydrogens is 260 g/mol. The first-order valence-corrected chi connectivity index (χ1v) is 7.82. The third kappa shape index (κ3) is 5.41. The van der Waals surface area contributed by atoms with E-state index in [2.05, 4.69) is 64.2 Å². The number of urea groups is 1. The molecule has 1 aromatic rings. The lowest BCUT2D eigenvalue weighted by atomic mass is 9.84. The van der Waals surface area contributed by atoms with Crippen LogP contribution in [0.5, 0.6) is 0 Å². The number of nitrogens with zero attached hydrogens (tertiary/aromatic N) is 1. The van der Waals surface area contributed by atoms with E-state index in [1.54, 1.807) is 4.90 Å². The van der Waals surface area contributed by atoms with Crippen molar-refractivity contribution in [2.45, 2.75) is 46.5 Å². The molecule has 0 bridgehead atoms. The van der Waals surface area contributed by atoms with Gasteiger partial charge in [0.15, 0.2) is 0 Å². The second-order valence-electron chi connectivity index (χ2n) is 6.80. The van der Waals surface area contributed by atoms with Gasteiger partial charge in [0, 0.05) is 25.6 Å². The van der Waals surface area contributed by atoms with Gasteiger partial charge >= 0.3 is 6.03 Å². The molecule has 0 saturated carbocycles. The Kier molecular flexibility index (Phi) is 6.25. The van der Waals surface area contributed by atoms with Gasteiger partial charge in [-0.2, -0.15) is 0 Å². The summed E-state index contributed by atoms with van der Waals surface area (Å²) >= 11 is 0. The van der Waals surface area contributed by atoms with E-state index < -0.39 is 0 Å². The van der Waals surface area contributed by atoms with Crippen LogP contribution in [-0.2, 0) is 5.41 Å². The summed E-state index contributed by atoms with van der Waals surface area (Å²) in [6.07, 6.45) is 1.09. The average molecular weight is 290 g/mol. The highest BCUT2D eigenvalue weighted by molar-refractivity contribution is 5.74. The maximum atomic E-state index is 12.1. The first kappa shape index (κ1) is 17.5. The molecule has 3 heteroatoms. The van der Waals surface area contributed by atoms with Crippen LogP contribution in [0.4, 0.5) is 4.79 Å². The summed E-state index contributed by atoms with van der Waals surface area (Å²) in [7, 11) is 1.86. The van der Waals surface area contributed by atoms with Crippen molar-refractivity contribution in [3.8, 4) is 0 Å². The van der Waals surface area contributed by atoms with Crippen molar-refractivity contribution in [2.75, 3.05) is 20.1 Å². The van der Waals surface area contributed by atoms with E-state index in [4.69, 9.17) is 0 Å². The zero-order valence-corrected chi connectivity index (χ0v) is 14.4. The highest BCUT2D eigenvalue weighted by atomic mass is 16.2. The molecule has 0 spiro atoms. The van der Waals surface area contributed by atoms with E-state index in [0.29, 0.717) is 12.5 Å². The van der Waals surface area contributed by atoms with Crippen LogP contribution < -0.4 is 5.32 Å². The van der Waals surface area contributed by atoms with Crippen molar-refractivity contribution >= 4 is 6.03 Å². The maximum absolute atomic E-state index is 12.1. The molecule has 1 aromatic carbocycles. The summed E-state index contributed by atoms with van der Waals surface area (Å²) < 4.78 is 0. The minimum absolute atomic E-state index is 0.00971. The fourth-order valence-corrected chi connectivity index (χ4v) is 2.22. The summed E-state index contributed by atoms with van der Waals surface area (Å²) in [4.78, 5) is 13.9. The summed E-state index contributed by atoms with van der Waals surface area (Å²) in [6, 6.07) is 8.53. The van der Waals surface area contributed by atoms with Crippen molar-refractivity contribution in [1.82, 2.24) is 10.2 Å². The predicted octanol–water partition coefficient (Wildman–Crippen LogP) is 3.96. The van der Waals surface area contributed by atoms with E-state index in [1.165, 1.54) is 11.1 Å². The van der Waals surface area contributed by atoms with Gasteiger partial charge in [0.1, 0.15) is 0 Å². The van der Waals surface area contributed by atoms with E-state index in [1.807, 2.05) is 7.05 Å². The van der Waals surface area contributed by atoms with Gasteiger partial charge in [0.05, 0.1) is 0 Å². The molecule has 0 radical (unpaired) electrons. The lowest BCUT2D eigenvalue weighted by Crippen LogP contribution is -2.44. The van der Waals surface area contributed by atoms with Crippen LogP contribution in [0.1, 0.15) is 45.2 Å². The van der Waals surface area contributed by atoms with Crippen LogP contribution in [-0.4, -0.2) is 31.1 Å². The largest absolute Gasteiger partial charge is 0.337 e. The number of nitrogens with one attached hydrogen (secondary N) is 1. The highest BCUT2D eigenvalue weighted by Gasteiger charge is 2.22. The predicted molar refractivity (Wildman–Crippen MR) is 89.7 cm³/mol. The van der Waals surface area contributed by atoms with Crippen molar-refractivity contribution in [2.24, 2.45) is 5.92 Å². The van der Waals surface area contributed by atoms with Crippen LogP contribution in [0.3, 0.4) is 0 Å². The number of carbonyl (C=O) groups is 1. The molecule has 0 aliphatic carbocycles. The molecule has 21 heavy (non-hydrogen) atoms. The Hall–Kier alpha value is -1.51. The number of aryl methyl sites for hydroxylation is 1. The summed E-state index contributed by atoms with van der Waals surface area (Å²) in [5.74, 6) is 0.533. The molecule has 2 amide bonds. The Morgan fingerprint density at radius 3 is 2.38 bits per heavy atom. The third-order valence-corrected chi connectivity index (χ3v) is 4.14. The van der Waals surface area contributed by atoms with Gasteiger partial charge in [-0.25, -0.2) is 4.79 Å². The van der Waals surface area contributed by atoms with Gasteiger partial charge in [-0.3, -0.25) is 0 Å². The summed E-state index contributed by atoms with van der Waals surface area (Å²) in [6.45, 7) is 12.2. The smallest absolute Gasteiger partial charge is 0.317 e. The average Bonchev–Trinajstić information content (AvgIpc) is 2.45. The second-order valence-corrected chi connectivity index (χ2v) is 6.80. The van der Waals surface area contributed by atoms with E-state index in [0.717, 1.165) is 13.0 Å². The molecule has 0 aliphatic heterocycles.